The van der Waals surface area contributed by atoms with Crippen LogP contribution in [0.25, 0.3) is 0 Å². The van der Waals surface area contributed by atoms with E-state index in [2.05, 4.69) is 10.2 Å². The number of hydrogen-bond acceptors (Lipinski definition) is 4. The van der Waals surface area contributed by atoms with Gasteiger partial charge in [-0.3, -0.25) is 19.8 Å². The Bertz CT molecular complexity index is 336. The summed E-state index contributed by atoms with van der Waals surface area (Å²) in [6.45, 7) is 1.38. The lowest BCUT2D eigenvalue weighted by atomic mass is 10.0. The number of barbiturate groups is 1. The fraction of sp³-hybridized carbons (Fsp3) is 0.727. The summed E-state index contributed by atoms with van der Waals surface area (Å²) in [5, 5.41) is 2.17. The van der Waals surface area contributed by atoms with Gasteiger partial charge in [0.05, 0.1) is 0 Å². The molecule has 2 heterocycles. The second-order valence-electron chi connectivity index (χ2n) is 4.66. The quantitative estimate of drug-likeness (QED) is 0.685. The van der Waals surface area contributed by atoms with Crippen LogP contribution in [-0.4, -0.2) is 53.8 Å². The van der Waals surface area contributed by atoms with Crippen LogP contribution in [0.5, 0.6) is 0 Å². The zero-order valence-corrected chi connectivity index (χ0v) is 9.94. The summed E-state index contributed by atoms with van der Waals surface area (Å²) >= 11 is 0. The van der Waals surface area contributed by atoms with Crippen molar-refractivity contribution in [3.63, 3.8) is 0 Å². The molecule has 0 saturated carbocycles. The number of nitrogens with one attached hydrogen (secondary N) is 1. The summed E-state index contributed by atoms with van der Waals surface area (Å²) in [5.41, 5.74) is 0. The molecule has 94 valence electrons. The molecule has 0 aromatic carbocycles. The Balaban J connectivity index is 1.99. The summed E-state index contributed by atoms with van der Waals surface area (Å²) in [5.74, 6) is -0.897. The van der Waals surface area contributed by atoms with Crippen molar-refractivity contribution in [2.45, 2.75) is 31.7 Å². The number of amides is 4. The van der Waals surface area contributed by atoms with Crippen molar-refractivity contribution in [2.75, 3.05) is 20.1 Å². The summed E-state index contributed by atoms with van der Waals surface area (Å²) in [6.07, 6.45) is 3.05. The number of rotatable bonds is 2. The summed E-state index contributed by atoms with van der Waals surface area (Å²) < 4.78 is 0. The van der Waals surface area contributed by atoms with E-state index in [0.29, 0.717) is 6.54 Å². The SMILES string of the molecule is CN1CCCCC1CN1C(=O)CC(=O)NC1=O. The lowest BCUT2D eigenvalue weighted by molar-refractivity contribution is -0.136. The molecule has 0 aromatic heterocycles. The number of likely N-dealkylation sites (tertiary alicyclic amines) is 1. The average Bonchev–Trinajstić information content (AvgIpc) is 2.25. The first-order valence-corrected chi connectivity index (χ1v) is 5.92. The van der Waals surface area contributed by atoms with Gasteiger partial charge in [-0.15, -0.1) is 0 Å². The van der Waals surface area contributed by atoms with Gasteiger partial charge in [-0.1, -0.05) is 6.42 Å². The van der Waals surface area contributed by atoms with Gasteiger partial charge in [0.25, 0.3) is 0 Å². The minimum atomic E-state index is -0.578. The van der Waals surface area contributed by atoms with E-state index in [4.69, 9.17) is 0 Å². The van der Waals surface area contributed by atoms with Crippen LogP contribution < -0.4 is 5.32 Å². The standard InChI is InChI=1S/C11H17N3O3/c1-13-5-3-2-4-8(13)7-14-10(16)6-9(15)12-11(14)17/h8H,2-7H2,1H3,(H,12,15,17). The Labute approximate surface area is 99.9 Å². The van der Waals surface area contributed by atoms with Crippen molar-refractivity contribution in [1.82, 2.24) is 15.1 Å². The van der Waals surface area contributed by atoms with E-state index in [0.717, 1.165) is 30.7 Å². The molecule has 6 nitrogen and oxygen atoms in total. The molecule has 17 heavy (non-hydrogen) atoms. The second-order valence-corrected chi connectivity index (χ2v) is 4.66. The molecule has 1 N–H and O–H groups in total. The first-order chi connectivity index (χ1) is 8.08. The molecule has 2 rings (SSSR count). The van der Waals surface area contributed by atoms with Gasteiger partial charge in [-0.25, -0.2) is 4.79 Å². The molecule has 4 amide bonds. The van der Waals surface area contributed by atoms with Crippen LogP contribution >= 0.6 is 0 Å². The molecule has 6 heteroatoms. The van der Waals surface area contributed by atoms with Crippen LogP contribution in [-0.2, 0) is 9.59 Å². The van der Waals surface area contributed by atoms with Crippen molar-refractivity contribution < 1.29 is 14.4 Å². The Morgan fingerprint density at radius 1 is 1.29 bits per heavy atom. The van der Waals surface area contributed by atoms with Crippen molar-refractivity contribution in [3.05, 3.63) is 0 Å². The molecule has 1 atom stereocenters. The number of nitrogens with zero attached hydrogens (tertiary/aromatic N) is 2. The lowest BCUT2D eigenvalue weighted by Gasteiger charge is -2.36. The smallest absolute Gasteiger partial charge is 0.302 e. The highest BCUT2D eigenvalue weighted by Crippen LogP contribution is 2.17. The predicted molar refractivity (Wildman–Crippen MR) is 60.1 cm³/mol. The first-order valence-electron chi connectivity index (χ1n) is 5.92. The average molecular weight is 239 g/mol. The minimum Gasteiger partial charge on any atom is -0.302 e. The summed E-state index contributed by atoms with van der Waals surface area (Å²) in [4.78, 5) is 37.5. The third-order valence-electron chi connectivity index (χ3n) is 3.42. The fourth-order valence-corrected chi connectivity index (χ4v) is 2.35. The molecule has 1 unspecified atom stereocenters. The van der Waals surface area contributed by atoms with Crippen LogP contribution in [0.1, 0.15) is 25.7 Å². The Kier molecular flexibility index (Phi) is 3.42. The van der Waals surface area contributed by atoms with Crippen LogP contribution in [0, 0.1) is 0 Å². The van der Waals surface area contributed by atoms with Crippen molar-refractivity contribution in [3.8, 4) is 0 Å². The maximum atomic E-state index is 11.6. The molecular formula is C11H17N3O3. The molecule has 2 aliphatic heterocycles. The summed E-state index contributed by atoms with van der Waals surface area (Å²) in [7, 11) is 2.00. The third kappa shape index (κ3) is 2.63. The van der Waals surface area contributed by atoms with Crippen LogP contribution in [0.4, 0.5) is 4.79 Å². The van der Waals surface area contributed by atoms with Gasteiger partial charge in [0.15, 0.2) is 0 Å². The van der Waals surface area contributed by atoms with Gasteiger partial charge >= 0.3 is 6.03 Å². The van der Waals surface area contributed by atoms with E-state index >= 15 is 0 Å². The van der Waals surface area contributed by atoms with Crippen molar-refractivity contribution in [1.29, 1.82) is 0 Å². The van der Waals surface area contributed by atoms with Crippen LogP contribution in [0.15, 0.2) is 0 Å². The topological polar surface area (TPSA) is 69.7 Å². The number of likely N-dealkylation sites (N-methyl/N-ethyl adjacent to an activating group) is 1. The van der Waals surface area contributed by atoms with Gasteiger partial charge in [0, 0.05) is 12.6 Å². The number of carbonyl (C=O) groups excluding carboxylic acids is 3. The number of piperidine rings is 1. The second kappa shape index (κ2) is 4.83. The normalized spacial score (nSPS) is 27.2. The molecule has 0 radical (unpaired) electrons. The van der Waals surface area contributed by atoms with E-state index < -0.39 is 17.8 Å². The van der Waals surface area contributed by atoms with Crippen molar-refractivity contribution >= 4 is 17.8 Å². The molecule has 2 saturated heterocycles. The Morgan fingerprint density at radius 2 is 2.06 bits per heavy atom. The molecule has 0 aromatic rings. The van der Waals surface area contributed by atoms with Gasteiger partial charge in [0.2, 0.25) is 11.8 Å². The highest BCUT2D eigenvalue weighted by Gasteiger charge is 2.33. The number of carbonyl (C=O) groups is 3. The van der Waals surface area contributed by atoms with E-state index in [1.807, 2.05) is 7.05 Å². The highest BCUT2D eigenvalue weighted by atomic mass is 16.2. The van der Waals surface area contributed by atoms with E-state index in [9.17, 15) is 14.4 Å². The number of urea groups is 1. The Hall–Kier alpha value is -1.43. The third-order valence-corrected chi connectivity index (χ3v) is 3.42. The van der Waals surface area contributed by atoms with Gasteiger partial charge in [-0.05, 0) is 26.4 Å². The number of hydrogen-bond donors (Lipinski definition) is 1. The highest BCUT2D eigenvalue weighted by molar-refractivity contribution is 6.14. The molecular weight excluding hydrogens is 222 g/mol. The van der Waals surface area contributed by atoms with E-state index in [1.165, 1.54) is 0 Å². The minimum absolute atomic E-state index is 0.214. The van der Waals surface area contributed by atoms with Crippen LogP contribution in [0.3, 0.4) is 0 Å². The molecule has 0 spiro atoms. The maximum absolute atomic E-state index is 11.6. The first kappa shape index (κ1) is 12.0. The predicted octanol–water partition coefficient (Wildman–Crippen LogP) is -0.0608. The van der Waals surface area contributed by atoms with Gasteiger partial charge in [-0.2, -0.15) is 0 Å². The van der Waals surface area contributed by atoms with Crippen LogP contribution in [0.2, 0.25) is 0 Å². The molecule has 2 fully saturated rings. The molecule has 0 aliphatic carbocycles. The summed E-state index contributed by atoms with van der Waals surface area (Å²) in [6, 6.07) is -0.364. The fourth-order valence-electron chi connectivity index (χ4n) is 2.35. The van der Waals surface area contributed by atoms with E-state index in [-0.39, 0.29) is 12.5 Å². The Morgan fingerprint density at radius 3 is 2.71 bits per heavy atom. The zero-order valence-electron chi connectivity index (χ0n) is 9.94. The lowest BCUT2D eigenvalue weighted by Crippen LogP contribution is -2.56. The largest absolute Gasteiger partial charge is 0.330 e. The molecule has 2 aliphatic rings. The van der Waals surface area contributed by atoms with Crippen molar-refractivity contribution in [2.24, 2.45) is 0 Å². The molecule has 0 bridgehead atoms. The van der Waals surface area contributed by atoms with Gasteiger partial charge < -0.3 is 4.90 Å². The zero-order chi connectivity index (χ0) is 12.4. The maximum Gasteiger partial charge on any atom is 0.330 e. The van der Waals surface area contributed by atoms with Gasteiger partial charge in [0.1, 0.15) is 6.42 Å². The number of imide groups is 2. The monoisotopic (exact) mass is 239 g/mol. The van der Waals surface area contributed by atoms with E-state index in [1.54, 1.807) is 0 Å².